The average molecular weight is 202 g/mol. The maximum absolute atomic E-state index is 10.9. The summed E-state index contributed by atoms with van der Waals surface area (Å²) in [5.41, 5.74) is 2.04. The van der Waals surface area contributed by atoms with Crippen LogP contribution in [0, 0.1) is 12.3 Å². The number of terminal acetylenes is 1. The van der Waals surface area contributed by atoms with Crippen LogP contribution in [0.5, 0.6) is 0 Å². The van der Waals surface area contributed by atoms with Crippen LogP contribution < -0.4 is 0 Å². The van der Waals surface area contributed by atoms with Crippen LogP contribution in [0.4, 0.5) is 0 Å². The molecule has 0 bridgehead atoms. The third-order valence-corrected chi connectivity index (χ3v) is 1.91. The minimum absolute atomic E-state index is 0.143. The molecule has 0 aliphatic heterocycles. The lowest BCUT2D eigenvalue weighted by Gasteiger charge is -1.90. The van der Waals surface area contributed by atoms with Crippen LogP contribution in [0.15, 0.2) is 35.5 Å². The Kier molecular flexibility index (Phi) is 7.01. The van der Waals surface area contributed by atoms with E-state index in [1.54, 1.807) is 6.92 Å². The van der Waals surface area contributed by atoms with Gasteiger partial charge >= 0.3 is 0 Å². The van der Waals surface area contributed by atoms with E-state index < -0.39 is 0 Å². The Balaban J connectivity index is 0.000000423. The highest BCUT2D eigenvalue weighted by Gasteiger charge is 1.99. The summed E-state index contributed by atoms with van der Waals surface area (Å²) >= 11 is 0. The minimum atomic E-state index is 0.143. The van der Waals surface area contributed by atoms with Crippen LogP contribution in [-0.2, 0) is 4.79 Å². The molecule has 0 saturated heterocycles. The van der Waals surface area contributed by atoms with Crippen LogP contribution in [0.25, 0.3) is 0 Å². The Morgan fingerprint density at radius 1 is 1.47 bits per heavy atom. The van der Waals surface area contributed by atoms with Crippen molar-refractivity contribution in [2.75, 3.05) is 0 Å². The predicted molar refractivity (Wildman–Crippen MR) is 65.4 cm³/mol. The SMILES string of the molecule is C#CCC.CC(=O)C1=CCC=C(C)C=C1. The summed E-state index contributed by atoms with van der Waals surface area (Å²) in [6, 6.07) is 0. The fourth-order valence-electron chi connectivity index (χ4n) is 0.990. The molecule has 0 amide bonds. The number of ketones is 1. The Labute approximate surface area is 92.6 Å². The maximum Gasteiger partial charge on any atom is 0.159 e. The number of hydrogen-bond donors (Lipinski definition) is 0. The van der Waals surface area contributed by atoms with Gasteiger partial charge in [0.15, 0.2) is 5.78 Å². The zero-order valence-corrected chi connectivity index (χ0v) is 9.71. The van der Waals surface area contributed by atoms with E-state index in [0.717, 1.165) is 18.4 Å². The number of hydrogen-bond acceptors (Lipinski definition) is 1. The van der Waals surface area contributed by atoms with E-state index in [4.69, 9.17) is 6.42 Å². The summed E-state index contributed by atoms with van der Waals surface area (Å²) in [7, 11) is 0. The highest BCUT2D eigenvalue weighted by Crippen LogP contribution is 2.10. The first-order valence-electron chi connectivity index (χ1n) is 5.11. The Hall–Kier alpha value is -1.55. The van der Waals surface area contributed by atoms with E-state index in [-0.39, 0.29) is 5.78 Å². The number of carbonyl (C=O) groups is 1. The van der Waals surface area contributed by atoms with Crippen molar-refractivity contribution >= 4 is 5.78 Å². The van der Waals surface area contributed by atoms with Gasteiger partial charge < -0.3 is 0 Å². The molecule has 1 aliphatic rings. The molecule has 0 heterocycles. The van der Waals surface area contributed by atoms with Gasteiger partial charge in [0.25, 0.3) is 0 Å². The molecular weight excluding hydrogens is 184 g/mol. The van der Waals surface area contributed by atoms with E-state index in [1.807, 2.05) is 32.1 Å². The Morgan fingerprint density at radius 3 is 2.53 bits per heavy atom. The molecule has 0 aromatic carbocycles. The van der Waals surface area contributed by atoms with Crippen LogP contribution >= 0.6 is 0 Å². The second kappa shape index (κ2) is 7.82. The second-order valence-corrected chi connectivity index (χ2v) is 3.29. The minimum Gasteiger partial charge on any atom is -0.295 e. The fourth-order valence-corrected chi connectivity index (χ4v) is 0.990. The smallest absolute Gasteiger partial charge is 0.159 e. The van der Waals surface area contributed by atoms with Crippen molar-refractivity contribution in [1.29, 1.82) is 0 Å². The van der Waals surface area contributed by atoms with Crippen molar-refractivity contribution in [3.63, 3.8) is 0 Å². The molecule has 1 heteroatoms. The van der Waals surface area contributed by atoms with Crippen molar-refractivity contribution in [2.45, 2.75) is 33.6 Å². The highest BCUT2D eigenvalue weighted by atomic mass is 16.1. The molecule has 0 unspecified atom stereocenters. The maximum atomic E-state index is 10.9. The third kappa shape index (κ3) is 6.51. The third-order valence-electron chi connectivity index (χ3n) is 1.91. The molecule has 1 nitrogen and oxygen atoms in total. The number of Topliss-reactive ketones (excluding diaryl/α,β-unsaturated/α-hetero) is 1. The van der Waals surface area contributed by atoms with E-state index in [1.165, 1.54) is 5.57 Å². The summed E-state index contributed by atoms with van der Waals surface area (Å²) in [5.74, 6) is 2.57. The molecule has 0 aromatic heterocycles. The van der Waals surface area contributed by atoms with Gasteiger partial charge in [0.2, 0.25) is 0 Å². The summed E-state index contributed by atoms with van der Waals surface area (Å²) in [6.45, 7) is 5.57. The molecule has 0 spiro atoms. The number of allylic oxidation sites excluding steroid dienone is 6. The molecule has 1 aliphatic carbocycles. The second-order valence-electron chi connectivity index (χ2n) is 3.29. The molecule has 80 valence electrons. The molecule has 0 saturated carbocycles. The fraction of sp³-hybridized carbons (Fsp3) is 0.357. The first-order valence-corrected chi connectivity index (χ1v) is 5.11. The molecular formula is C14H18O. The van der Waals surface area contributed by atoms with Crippen molar-refractivity contribution in [3.05, 3.63) is 35.5 Å². The largest absolute Gasteiger partial charge is 0.295 e. The van der Waals surface area contributed by atoms with Crippen LogP contribution in [0.3, 0.4) is 0 Å². The van der Waals surface area contributed by atoms with Crippen LogP contribution in [-0.4, -0.2) is 5.78 Å². The first kappa shape index (κ1) is 13.4. The molecule has 1 rings (SSSR count). The van der Waals surface area contributed by atoms with Crippen molar-refractivity contribution < 1.29 is 4.79 Å². The molecule has 0 aromatic rings. The van der Waals surface area contributed by atoms with Gasteiger partial charge in [0.1, 0.15) is 0 Å². The lowest BCUT2D eigenvalue weighted by Crippen LogP contribution is -1.91. The van der Waals surface area contributed by atoms with Crippen molar-refractivity contribution in [1.82, 2.24) is 0 Å². The van der Waals surface area contributed by atoms with Crippen molar-refractivity contribution in [2.24, 2.45) is 0 Å². The van der Waals surface area contributed by atoms with E-state index in [9.17, 15) is 4.79 Å². The van der Waals surface area contributed by atoms with Gasteiger partial charge in [-0.15, -0.1) is 12.3 Å². The van der Waals surface area contributed by atoms with Gasteiger partial charge in [-0.2, -0.15) is 0 Å². The zero-order chi connectivity index (χ0) is 11.7. The summed E-state index contributed by atoms with van der Waals surface area (Å²) in [5, 5.41) is 0. The lowest BCUT2D eigenvalue weighted by molar-refractivity contribution is -0.113. The zero-order valence-electron chi connectivity index (χ0n) is 9.71. The molecule has 0 fully saturated rings. The average Bonchev–Trinajstić information content (AvgIpc) is 2.43. The summed E-state index contributed by atoms with van der Waals surface area (Å²) in [4.78, 5) is 10.9. The van der Waals surface area contributed by atoms with E-state index in [0.29, 0.717) is 0 Å². The first-order chi connectivity index (χ1) is 7.11. The van der Waals surface area contributed by atoms with Gasteiger partial charge in [-0.25, -0.2) is 0 Å². The van der Waals surface area contributed by atoms with Crippen LogP contribution in [0.2, 0.25) is 0 Å². The van der Waals surface area contributed by atoms with E-state index in [2.05, 4.69) is 12.0 Å². The van der Waals surface area contributed by atoms with Crippen LogP contribution in [0.1, 0.15) is 33.6 Å². The molecule has 0 radical (unpaired) electrons. The summed E-state index contributed by atoms with van der Waals surface area (Å²) < 4.78 is 0. The van der Waals surface area contributed by atoms with Gasteiger partial charge in [-0.3, -0.25) is 4.79 Å². The predicted octanol–water partition coefficient (Wildman–Crippen LogP) is 3.44. The topological polar surface area (TPSA) is 17.1 Å². The Bertz CT molecular complexity index is 335. The van der Waals surface area contributed by atoms with Gasteiger partial charge in [-0.1, -0.05) is 36.8 Å². The standard InChI is InChI=1S/C10H12O.C4H6/c1-8-4-3-5-10(7-6-8)9(2)11;1-3-4-2/h4-7H,3H2,1-2H3;1H,4H2,2H3. The quantitative estimate of drug-likeness (QED) is 0.595. The Morgan fingerprint density at radius 2 is 2.07 bits per heavy atom. The normalized spacial score (nSPS) is 13.7. The molecule has 0 atom stereocenters. The highest BCUT2D eigenvalue weighted by molar-refractivity contribution is 5.96. The van der Waals surface area contributed by atoms with Gasteiger partial charge in [0.05, 0.1) is 0 Å². The molecule has 0 N–H and O–H groups in total. The number of carbonyl (C=O) groups excluding carboxylic acids is 1. The molecule has 15 heavy (non-hydrogen) atoms. The summed E-state index contributed by atoms with van der Waals surface area (Å²) in [6.07, 6.45) is 14.4. The van der Waals surface area contributed by atoms with Crippen molar-refractivity contribution in [3.8, 4) is 12.3 Å². The lowest BCUT2D eigenvalue weighted by atomic mass is 10.1. The monoisotopic (exact) mass is 202 g/mol. The number of rotatable bonds is 1. The van der Waals surface area contributed by atoms with Gasteiger partial charge in [-0.05, 0) is 20.3 Å². The van der Waals surface area contributed by atoms with Gasteiger partial charge in [0, 0.05) is 12.0 Å². The van der Waals surface area contributed by atoms with E-state index >= 15 is 0 Å².